The van der Waals surface area contributed by atoms with E-state index in [4.69, 9.17) is 14.6 Å². The smallest absolute Gasteiger partial charge is 0.335 e. The lowest BCUT2D eigenvalue weighted by atomic mass is 10.1. The molecular formula is C14H17NO5. The zero-order valence-corrected chi connectivity index (χ0v) is 11.3. The van der Waals surface area contributed by atoms with Crippen molar-refractivity contribution in [3.63, 3.8) is 0 Å². The Labute approximate surface area is 116 Å². The van der Waals surface area contributed by atoms with E-state index in [2.05, 4.69) is 0 Å². The molecule has 0 fully saturated rings. The fourth-order valence-corrected chi connectivity index (χ4v) is 2.14. The lowest BCUT2D eigenvalue weighted by molar-refractivity contribution is -0.117. The van der Waals surface area contributed by atoms with Gasteiger partial charge in [0.25, 0.3) is 0 Å². The predicted octanol–water partition coefficient (Wildman–Crippen LogP) is 0.937. The second kappa shape index (κ2) is 6.49. The molecule has 1 aliphatic heterocycles. The average molecular weight is 279 g/mol. The molecule has 0 bridgehead atoms. The summed E-state index contributed by atoms with van der Waals surface area (Å²) in [7, 11) is 1.59. The van der Waals surface area contributed by atoms with Crippen LogP contribution >= 0.6 is 0 Å². The highest BCUT2D eigenvalue weighted by atomic mass is 16.5. The Kier molecular flexibility index (Phi) is 4.70. The summed E-state index contributed by atoms with van der Waals surface area (Å²) in [5.74, 6) is -1.03. The van der Waals surface area contributed by atoms with Crippen LogP contribution in [0.4, 0.5) is 5.69 Å². The van der Waals surface area contributed by atoms with Crippen molar-refractivity contribution >= 4 is 17.6 Å². The van der Waals surface area contributed by atoms with Gasteiger partial charge in [0.1, 0.15) is 0 Å². The molecule has 108 valence electrons. The molecule has 1 aliphatic rings. The number of carbonyl (C=O) groups excluding carboxylic acids is 1. The van der Waals surface area contributed by atoms with Gasteiger partial charge in [-0.2, -0.15) is 0 Å². The summed E-state index contributed by atoms with van der Waals surface area (Å²) >= 11 is 0. The lowest BCUT2D eigenvalue weighted by Crippen LogP contribution is -2.30. The molecule has 1 aromatic carbocycles. The number of aromatic carboxylic acids is 1. The fraction of sp³-hybridized carbons (Fsp3) is 0.429. The SMILES string of the molecule is COCCOCCN1C(=O)Cc2ccc(C(=O)O)cc21. The van der Waals surface area contributed by atoms with Gasteiger partial charge in [-0.3, -0.25) is 4.79 Å². The Morgan fingerprint density at radius 3 is 2.85 bits per heavy atom. The maximum atomic E-state index is 11.9. The molecule has 20 heavy (non-hydrogen) atoms. The standard InChI is InChI=1S/C14H17NO5/c1-19-6-7-20-5-4-15-12-8-11(14(17)18)3-2-10(12)9-13(15)16/h2-3,8H,4-7,9H2,1H3,(H,17,18). The van der Waals surface area contributed by atoms with Crippen molar-refractivity contribution < 1.29 is 24.2 Å². The van der Waals surface area contributed by atoms with E-state index in [1.807, 2.05) is 0 Å². The summed E-state index contributed by atoms with van der Waals surface area (Å²) in [6.45, 7) is 1.79. The molecule has 1 N–H and O–H groups in total. The van der Waals surface area contributed by atoms with Crippen molar-refractivity contribution in [1.82, 2.24) is 0 Å². The number of carboxylic acids is 1. The summed E-state index contributed by atoms with van der Waals surface area (Å²) in [6.07, 6.45) is 0.313. The van der Waals surface area contributed by atoms with Crippen LogP contribution in [0.1, 0.15) is 15.9 Å². The van der Waals surface area contributed by atoms with Crippen molar-refractivity contribution in [2.75, 3.05) is 38.4 Å². The molecule has 0 radical (unpaired) electrons. The molecule has 0 atom stereocenters. The number of nitrogens with zero attached hydrogens (tertiary/aromatic N) is 1. The molecule has 6 nitrogen and oxygen atoms in total. The third-order valence-corrected chi connectivity index (χ3v) is 3.16. The van der Waals surface area contributed by atoms with Crippen LogP contribution in [0.2, 0.25) is 0 Å². The van der Waals surface area contributed by atoms with E-state index in [9.17, 15) is 9.59 Å². The van der Waals surface area contributed by atoms with Crippen molar-refractivity contribution in [3.8, 4) is 0 Å². The summed E-state index contributed by atoms with van der Waals surface area (Å²) in [4.78, 5) is 24.5. The number of ether oxygens (including phenoxy) is 2. The summed E-state index contributed by atoms with van der Waals surface area (Å²) < 4.78 is 10.2. The molecule has 2 rings (SSSR count). The third-order valence-electron chi connectivity index (χ3n) is 3.16. The molecule has 1 aromatic rings. The van der Waals surface area contributed by atoms with Crippen molar-refractivity contribution in [1.29, 1.82) is 0 Å². The number of fused-ring (bicyclic) bond motifs is 1. The zero-order chi connectivity index (χ0) is 14.5. The largest absolute Gasteiger partial charge is 0.478 e. The monoisotopic (exact) mass is 279 g/mol. The number of carbonyl (C=O) groups is 2. The topological polar surface area (TPSA) is 76.1 Å². The Morgan fingerprint density at radius 2 is 2.15 bits per heavy atom. The predicted molar refractivity (Wildman–Crippen MR) is 72.2 cm³/mol. The maximum absolute atomic E-state index is 11.9. The van der Waals surface area contributed by atoms with Gasteiger partial charge in [0, 0.05) is 19.3 Å². The quantitative estimate of drug-likeness (QED) is 0.752. The molecule has 0 unspecified atom stereocenters. The molecule has 0 aliphatic carbocycles. The van der Waals surface area contributed by atoms with Crippen molar-refractivity contribution in [2.45, 2.75) is 6.42 Å². The second-order valence-electron chi connectivity index (χ2n) is 4.48. The first-order valence-corrected chi connectivity index (χ1v) is 6.36. The fourth-order valence-electron chi connectivity index (χ4n) is 2.14. The van der Waals surface area contributed by atoms with E-state index < -0.39 is 5.97 Å². The van der Waals surface area contributed by atoms with Crippen LogP contribution in [0.3, 0.4) is 0 Å². The number of anilines is 1. The minimum atomic E-state index is -0.997. The van der Waals surface area contributed by atoms with Gasteiger partial charge in [0.05, 0.1) is 31.8 Å². The van der Waals surface area contributed by atoms with E-state index in [-0.39, 0.29) is 11.5 Å². The number of amides is 1. The number of rotatable bonds is 7. The highest BCUT2D eigenvalue weighted by Gasteiger charge is 2.27. The molecule has 1 heterocycles. The first-order chi connectivity index (χ1) is 9.63. The summed E-state index contributed by atoms with van der Waals surface area (Å²) in [6, 6.07) is 4.76. The van der Waals surface area contributed by atoms with Crippen LogP contribution in [0.5, 0.6) is 0 Å². The first-order valence-electron chi connectivity index (χ1n) is 6.36. The van der Waals surface area contributed by atoms with Gasteiger partial charge in [0.2, 0.25) is 5.91 Å². The highest BCUT2D eigenvalue weighted by Crippen LogP contribution is 2.29. The van der Waals surface area contributed by atoms with Gasteiger partial charge in [-0.1, -0.05) is 6.07 Å². The van der Waals surface area contributed by atoms with Crippen LogP contribution in [0.15, 0.2) is 18.2 Å². The Balaban J connectivity index is 2.03. The normalized spacial score (nSPS) is 13.7. The highest BCUT2D eigenvalue weighted by molar-refractivity contribution is 6.03. The molecule has 1 amide bonds. The third kappa shape index (κ3) is 3.15. The molecule has 0 saturated heterocycles. The van der Waals surface area contributed by atoms with Crippen molar-refractivity contribution in [2.24, 2.45) is 0 Å². The van der Waals surface area contributed by atoms with Crippen LogP contribution in [-0.4, -0.2) is 50.5 Å². The molecule has 0 aromatic heterocycles. The van der Waals surface area contributed by atoms with Gasteiger partial charge in [0.15, 0.2) is 0 Å². The van der Waals surface area contributed by atoms with E-state index >= 15 is 0 Å². The Hall–Kier alpha value is -1.92. The van der Waals surface area contributed by atoms with Gasteiger partial charge >= 0.3 is 5.97 Å². The van der Waals surface area contributed by atoms with Gasteiger partial charge in [-0.05, 0) is 17.7 Å². The first kappa shape index (κ1) is 14.5. The summed E-state index contributed by atoms with van der Waals surface area (Å²) in [5.41, 5.74) is 1.71. The van der Waals surface area contributed by atoms with E-state index in [0.29, 0.717) is 38.5 Å². The van der Waals surface area contributed by atoms with Gasteiger partial charge < -0.3 is 19.5 Å². The van der Waals surface area contributed by atoms with E-state index in [1.54, 1.807) is 18.1 Å². The van der Waals surface area contributed by atoms with Crippen LogP contribution in [0, 0.1) is 0 Å². The zero-order valence-electron chi connectivity index (χ0n) is 11.3. The molecule has 0 spiro atoms. The van der Waals surface area contributed by atoms with Gasteiger partial charge in [-0.15, -0.1) is 0 Å². The second-order valence-corrected chi connectivity index (χ2v) is 4.48. The van der Waals surface area contributed by atoms with E-state index in [1.165, 1.54) is 12.1 Å². The average Bonchev–Trinajstić information content (AvgIpc) is 2.73. The summed E-state index contributed by atoms with van der Waals surface area (Å²) in [5, 5.41) is 9.00. The minimum absolute atomic E-state index is 0.0297. The van der Waals surface area contributed by atoms with Crippen LogP contribution < -0.4 is 4.90 Å². The lowest BCUT2D eigenvalue weighted by Gasteiger charge is -2.17. The molecule has 0 saturated carbocycles. The Morgan fingerprint density at radius 1 is 1.35 bits per heavy atom. The van der Waals surface area contributed by atoms with Crippen LogP contribution in [0.25, 0.3) is 0 Å². The molecule has 6 heteroatoms. The van der Waals surface area contributed by atoms with E-state index in [0.717, 1.165) is 5.56 Å². The number of hydrogen-bond acceptors (Lipinski definition) is 4. The Bertz CT molecular complexity index is 514. The number of hydrogen-bond donors (Lipinski definition) is 1. The molecular weight excluding hydrogens is 262 g/mol. The van der Waals surface area contributed by atoms with Crippen molar-refractivity contribution in [3.05, 3.63) is 29.3 Å². The number of benzene rings is 1. The van der Waals surface area contributed by atoms with Crippen LogP contribution in [-0.2, 0) is 20.7 Å². The van der Waals surface area contributed by atoms with Gasteiger partial charge in [-0.25, -0.2) is 4.79 Å². The number of carboxylic acid groups (broad SMARTS) is 1. The number of methoxy groups -OCH3 is 1. The maximum Gasteiger partial charge on any atom is 0.335 e. The minimum Gasteiger partial charge on any atom is -0.478 e.